The average molecular weight is 272 g/mol. The van der Waals surface area contributed by atoms with Gasteiger partial charge in [-0.2, -0.15) is 0 Å². The number of hydrogen-bond acceptors (Lipinski definition) is 3. The fourth-order valence-electron chi connectivity index (χ4n) is 2.38. The van der Waals surface area contributed by atoms with Crippen LogP contribution in [0.15, 0.2) is 35.8 Å². The summed E-state index contributed by atoms with van der Waals surface area (Å²) in [7, 11) is 0. The first-order valence-electron chi connectivity index (χ1n) is 6.44. The number of carbonyl (C=O) groups excluding carboxylic acids is 1. The monoisotopic (exact) mass is 272 g/mol. The van der Waals surface area contributed by atoms with Gasteiger partial charge in [-0.25, -0.2) is 4.98 Å². The molecule has 0 unspecified atom stereocenters. The van der Waals surface area contributed by atoms with Crippen LogP contribution < -0.4 is 5.32 Å². The van der Waals surface area contributed by atoms with Gasteiger partial charge in [0.1, 0.15) is 0 Å². The predicted molar refractivity (Wildman–Crippen MR) is 77.5 cm³/mol. The predicted octanol–water partition coefficient (Wildman–Crippen LogP) is 3.51. The Bertz CT molecular complexity index is 571. The van der Waals surface area contributed by atoms with Crippen molar-refractivity contribution in [1.82, 2.24) is 4.98 Å². The molecular weight excluding hydrogens is 256 g/mol. The lowest BCUT2D eigenvalue weighted by molar-refractivity contribution is -0.116. The Morgan fingerprint density at radius 2 is 2.11 bits per heavy atom. The Morgan fingerprint density at radius 3 is 2.68 bits per heavy atom. The molecule has 1 aliphatic carbocycles. The van der Waals surface area contributed by atoms with Gasteiger partial charge in [0, 0.05) is 23.4 Å². The molecule has 2 aromatic rings. The summed E-state index contributed by atoms with van der Waals surface area (Å²) in [6.45, 7) is 2.08. The minimum atomic E-state index is 0.0630. The first kappa shape index (κ1) is 12.4. The molecule has 3 nitrogen and oxygen atoms in total. The Labute approximate surface area is 116 Å². The standard InChI is InChI=1S/C15H16N2OS/c1-11-2-4-12(5-3-11)15(6-7-15)10-13(18)17-14-16-8-9-19-14/h2-5,8-9H,6-7,10H2,1H3,(H,16,17,18). The molecule has 1 amide bonds. The zero-order valence-electron chi connectivity index (χ0n) is 10.8. The molecule has 0 bridgehead atoms. The molecular formula is C15H16N2OS. The van der Waals surface area contributed by atoms with Crippen LogP contribution >= 0.6 is 11.3 Å². The zero-order chi connectivity index (χ0) is 13.3. The maximum Gasteiger partial charge on any atom is 0.227 e. The maximum absolute atomic E-state index is 12.1. The number of anilines is 1. The number of rotatable bonds is 4. The van der Waals surface area contributed by atoms with E-state index in [0.29, 0.717) is 11.6 Å². The van der Waals surface area contributed by atoms with Gasteiger partial charge < -0.3 is 5.32 Å². The molecule has 1 aromatic heterocycles. The zero-order valence-corrected chi connectivity index (χ0v) is 11.7. The van der Waals surface area contributed by atoms with Crippen molar-refractivity contribution in [2.45, 2.75) is 31.6 Å². The number of nitrogens with one attached hydrogen (secondary N) is 1. The third-order valence-corrected chi connectivity index (χ3v) is 4.38. The minimum absolute atomic E-state index is 0.0630. The highest BCUT2D eigenvalue weighted by molar-refractivity contribution is 7.13. The molecule has 1 heterocycles. The molecule has 3 rings (SSSR count). The second-order valence-electron chi connectivity index (χ2n) is 5.21. The number of nitrogens with zero attached hydrogens (tertiary/aromatic N) is 1. The summed E-state index contributed by atoms with van der Waals surface area (Å²) < 4.78 is 0. The summed E-state index contributed by atoms with van der Waals surface area (Å²) >= 11 is 1.45. The van der Waals surface area contributed by atoms with E-state index in [-0.39, 0.29) is 11.3 Å². The Kier molecular flexibility index (Phi) is 3.11. The van der Waals surface area contributed by atoms with Gasteiger partial charge in [-0.15, -0.1) is 11.3 Å². The van der Waals surface area contributed by atoms with Crippen LogP contribution in [0.5, 0.6) is 0 Å². The highest BCUT2D eigenvalue weighted by Gasteiger charge is 2.45. The molecule has 1 aromatic carbocycles. The van der Waals surface area contributed by atoms with Crippen molar-refractivity contribution in [3.8, 4) is 0 Å². The van der Waals surface area contributed by atoms with Crippen molar-refractivity contribution in [3.63, 3.8) is 0 Å². The number of carbonyl (C=O) groups is 1. The van der Waals surface area contributed by atoms with Crippen molar-refractivity contribution in [2.24, 2.45) is 0 Å². The average Bonchev–Trinajstić information content (AvgIpc) is 2.98. The smallest absolute Gasteiger partial charge is 0.227 e. The molecule has 4 heteroatoms. The lowest BCUT2D eigenvalue weighted by atomic mass is 9.91. The molecule has 1 N–H and O–H groups in total. The van der Waals surface area contributed by atoms with Crippen LogP contribution in [0.4, 0.5) is 5.13 Å². The van der Waals surface area contributed by atoms with E-state index in [1.54, 1.807) is 6.20 Å². The fourth-order valence-corrected chi connectivity index (χ4v) is 2.93. The first-order valence-corrected chi connectivity index (χ1v) is 7.32. The summed E-state index contributed by atoms with van der Waals surface area (Å²) in [6, 6.07) is 8.54. The quantitative estimate of drug-likeness (QED) is 0.925. The van der Waals surface area contributed by atoms with Crippen molar-refractivity contribution in [3.05, 3.63) is 47.0 Å². The molecule has 98 valence electrons. The third-order valence-electron chi connectivity index (χ3n) is 3.70. The summed E-state index contributed by atoms with van der Waals surface area (Å²) in [5.74, 6) is 0.0630. The highest BCUT2D eigenvalue weighted by Crippen LogP contribution is 2.51. The van der Waals surface area contributed by atoms with Crippen LogP contribution in [-0.2, 0) is 10.2 Å². The summed E-state index contributed by atoms with van der Waals surface area (Å²) in [4.78, 5) is 16.1. The lowest BCUT2D eigenvalue weighted by Gasteiger charge is -2.15. The molecule has 19 heavy (non-hydrogen) atoms. The first-order chi connectivity index (χ1) is 9.18. The van der Waals surface area contributed by atoms with Crippen molar-refractivity contribution >= 4 is 22.4 Å². The molecule has 0 aliphatic heterocycles. The molecule has 1 aliphatic rings. The number of aryl methyl sites for hydroxylation is 1. The van der Waals surface area contributed by atoms with Gasteiger partial charge in [0.2, 0.25) is 5.91 Å². The van der Waals surface area contributed by atoms with E-state index in [1.807, 2.05) is 5.38 Å². The van der Waals surface area contributed by atoms with E-state index in [0.717, 1.165) is 12.8 Å². The van der Waals surface area contributed by atoms with E-state index in [4.69, 9.17) is 0 Å². The second-order valence-corrected chi connectivity index (χ2v) is 6.10. The normalized spacial score (nSPS) is 16.1. The molecule has 0 spiro atoms. The molecule has 0 atom stereocenters. The Hall–Kier alpha value is -1.68. The maximum atomic E-state index is 12.1. The summed E-state index contributed by atoms with van der Waals surface area (Å²) in [5.41, 5.74) is 2.61. The van der Waals surface area contributed by atoms with E-state index in [2.05, 4.69) is 41.5 Å². The molecule has 0 radical (unpaired) electrons. The van der Waals surface area contributed by atoms with Crippen LogP contribution in [0.1, 0.15) is 30.4 Å². The molecule has 1 fully saturated rings. The number of amides is 1. The number of benzene rings is 1. The van der Waals surface area contributed by atoms with Crippen LogP contribution in [0.2, 0.25) is 0 Å². The third kappa shape index (κ3) is 2.68. The van der Waals surface area contributed by atoms with Crippen molar-refractivity contribution in [2.75, 3.05) is 5.32 Å². The van der Waals surface area contributed by atoms with Gasteiger partial charge >= 0.3 is 0 Å². The summed E-state index contributed by atoms with van der Waals surface area (Å²) in [5, 5.41) is 5.42. The summed E-state index contributed by atoms with van der Waals surface area (Å²) in [6.07, 6.45) is 4.45. The van der Waals surface area contributed by atoms with Crippen LogP contribution in [0.3, 0.4) is 0 Å². The van der Waals surface area contributed by atoms with Gasteiger partial charge in [0.05, 0.1) is 0 Å². The van der Waals surface area contributed by atoms with Crippen molar-refractivity contribution < 1.29 is 4.79 Å². The van der Waals surface area contributed by atoms with Gasteiger partial charge in [0.15, 0.2) is 5.13 Å². The van der Waals surface area contributed by atoms with Gasteiger partial charge in [-0.3, -0.25) is 4.79 Å². The van der Waals surface area contributed by atoms with Gasteiger partial charge in [-0.05, 0) is 25.3 Å². The van der Waals surface area contributed by atoms with Crippen LogP contribution in [0.25, 0.3) is 0 Å². The van der Waals surface area contributed by atoms with E-state index < -0.39 is 0 Å². The fraction of sp³-hybridized carbons (Fsp3) is 0.333. The second kappa shape index (κ2) is 4.78. The Balaban J connectivity index is 1.68. The van der Waals surface area contributed by atoms with Gasteiger partial charge in [-0.1, -0.05) is 29.8 Å². The van der Waals surface area contributed by atoms with Crippen LogP contribution in [-0.4, -0.2) is 10.9 Å². The highest BCUT2D eigenvalue weighted by atomic mass is 32.1. The molecule has 0 saturated heterocycles. The number of hydrogen-bond donors (Lipinski definition) is 1. The van der Waals surface area contributed by atoms with Gasteiger partial charge in [0.25, 0.3) is 0 Å². The lowest BCUT2D eigenvalue weighted by Crippen LogP contribution is -2.19. The van der Waals surface area contributed by atoms with E-state index >= 15 is 0 Å². The minimum Gasteiger partial charge on any atom is -0.302 e. The SMILES string of the molecule is Cc1ccc(C2(CC(=O)Nc3nccs3)CC2)cc1. The van der Waals surface area contributed by atoms with Crippen molar-refractivity contribution in [1.29, 1.82) is 0 Å². The molecule has 1 saturated carbocycles. The largest absolute Gasteiger partial charge is 0.302 e. The van der Waals surface area contributed by atoms with E-state index in [9.17, 15) is 4.79 Å². The van der Waals surface area contributed by atoms with Crippen LogP contribution in [0, 0.1) is 6.92 Å². The number of aromatic nitrogens is 1. The Morgan fingerprint density at radius 1 is 1.37 bits per heavy atom. The number of thiazole rings is 1. The topological polar surface area (TPSA) is 42.0 Å². The van der Waals surface area contributed by atoms with E-state index in [1.165, 1.54) is 22.5 Å².